The molecule has 0 saturated carbocycles. The van der Waals surface area contributed by atoms with Crippen molar-refractivity contribution in [1.82, 2.24) is 19.5 Å². The maximum Gasteiger partial charge on any atom is 0.697 e. The third-order valence-corrected chi connectivity index (χ3v) is 11.6. The normalized spacial score (nSPS) is 24.2. The number of aromatic amines is 1. The first kappa shape index (κ1) is 25.6. The molecule has 2 aromatic rings. The molecule has 180 valence electrons. The number of imidazole rings is 1. The van der Waals surface area contributed by atoms with Crippen molar-refractivity contribution in [3.8, 4) is 6.07 Å². The molecule has 0 aliphatic carbocycles. The van der Waals surface area contributed by atoms with E-state index in [1.54, 1.807) is 4.57 Å². The van der Waals surface area contributed by atoms with E-state index >= 15 is 0 Å². The largest absolute Gasteiger partial charge is 0.697 e. The van der Waals surface area contributed by atoms with E-state index < -0.39 is 28.9 Å². The molecule has 0 amide bonds. The van der Waals surface area contributed by atoms with Gasteiger partial charge in [-0.2, -0.15) is 5.26 Å². The fourth-order valence-corrected chi connectivity index (χ4v) is 5.28. The summed E-state index contributed by atoms with van der Waals surface area (Å²) in [5.41, 5.74) is 0.277. The number of nitriles is 1. The van der Waals surface area contributed by atoms with Crippen molar-refractivity contribution >= 4 is 27.7 Å². The predicted octanol–water partition coefficient (Wildman–Crippen LogP) is 3.65. The minimum atomic E-state index is -2.37. The number of nitrogens with zero attached hydrogens (tertiary/aromatic N) is 4. The maximum absolute atomic E-state index is 12.1. The number of nitrogens with one attached hydrogen (secondary N) is 1. The second kappa shape index (κ2) is 10.1. The molecule has 3 rings (SSSR count). The topological polar surface area (TPSA) is 141 Å². The van der Waals surface area contributed by atoms with Crippen LogP contribution in [0.3, 0.4) is 0 Å². The second-order valence-electron chi connectivity index (χ2n) is 9.58. The minimum absolute atomic E-state index is 0.0252. The van der Waals surface area contributed by atoms with Crippen LogP contribution in [0.1, 0.15) is 40.3 Å². The van der Waals surface area contributed by atoms with Crippen molar-refractivity contribution in [2.24, 2.45) is 5.92 Å². The first-order valence-electron chi connectivity index (χ1n) is 10.8. The van der Waals surface area contributed by atoms with Crippen LogP contribution in [0.2, 0.25) is 18.1 Å². The van der Waals surface area contributed by atoms with Crippen LogP contribution in [0.15, 0.2) is 17.4 Å². The van der Waals surface area contributed by atoms with Crippen molar-refractivity contribution in [2.45, 2.75) is 70.7 Å². The fourth-order valence-electron chi connectivity index (χ4n) is 3.34. The summed E-state index contributed by atoms with van der Waals surface area (Å²) >= 11 is 0. The SMILES string of the molecule is C[C@H]1[C@@H](O[Si](C)(C)C(C)(C)C)[C@H](n2cnc3c(=O)[nH]cnc32)O[C@@H]1CO[P+](=O)OCCC#N. The highest BCUT2D eigenvalue weighted by Crippen LogP contribution is 2.44. The zero-order chi connectivity index (χ0) is 24.4. The minimum Gasteiger partial charge on any atom is -0.409 e. The summed E-state index contributed by atoms with van der Waals surface area (Å²) in [6.07, 6.45) is 1.58. The number of aromatic nitrogens is 4. The van der Waals surface area contributed by atoms with Gasteiger partial charge in [-0.25, -0.2) is 9.97 Å². The Labute approximate surface area is 194 Å². The Balaban J connectivity index is 1.86. The third kappa shape index (κ3) is 5.57. The molecule has 0 radical (unpaired) electrons. The van der Waals surface area contributed by atoms with Gasteiger partial charge in [-0.05, 0) is 18.1 Å². The van der Waals surface area contributed by atoms with E-state index in [0.717, 1.165) is 0 Å². The van der Waals surface area contributed by atoms with E-state index in [4.69, 9.17) is 23.5 Å². The molecule has 2 aromatic heterocycles. The summed E-state index contributed by atoms with van der Waals surface area (Å²) < 4.78 is 37.2. The molecule has 3 heterocycles. The summed E-state index contributed by atoms with van der Waals surface area (Å²) in [7, 11) is -4.57. The lowest BCUT2D eigenvalue weighted by Gasteiger charge is -2.40. The molecular weight excluding hydrogens is 465 g/mol. The average Bonchev–Trinajstić information content (AvgIpc) is 3.28. The molecule has 5 atom stereocenters. The average molecular weight is 497 g/mol. The van der Waals surface area contributed by atoms with Crippen LogP contribution in [0.25, 0.3) is 11.2 Å². The first-order chi connectivity index (χ1) is 15.5. The Kier molecular flexibility index (Phi) is 7.83. The van der Waals surface area contributed by atoms with Crippen LogP contribution in [0.4, 0.5) is 0 Å². The van der Waals surface area contributed by atoms with Gasteiger partial charge in [0, 0.05) is 10.5 Å². The Morgan fingerprint density at radius 3 is 2.73 bits per heavy atom. The van der Waals surface area contributed by atoms with Gasteiger partial charge in [-0.3, -0.25) is 9.36 Å². The van der Waals surface area contributed by atoms with Crippen LogP contribution in [-0.4, -0.2) is 53.3 Å². The Morgan fingerprint density at radius 2 is 2.06 bits per heavy atom. The highest BCUT2D eigenvalue weighted by atomic mass is 31.1. The smallest absolute Gasteiger partial charge is 0.409 e. The molecule has 1 fully saturated rings. The zero-order valence-electron chi connectivity index (χ0n) is 19.8. The Bertz CT molecular complexity index is 1090. The summed E-state index contributed by atoms with van der Waals surface area (Å²) in [5.74, 6) is -0.119. The number of hydrogen-bond donors (Lipinski definition) is 1. The number of hydrogen-bond acceptors (Lipinski definition) is 9. The molecule has 1 aliphatic heterocycles. The number of ether oxygens (including phenoxy) is 1. The van der Waals surface area contributed by atoms with Gasteiger partial charge in [0.1, 0.15) is 13.2 Å². The molecule has 0 bridgehead atoms. The van der Waals surface area contributed by atoms with E-state index in [9.17, 15) is 9.36 Å². The summed E-state index contributed by atoms with van der Waals surface area (Å²) in [4.78, 5) is 23.2. The molecule has 33 heavy (non-hydrogen) atoms. The summed E-state index contributed by atoms with van der Waals surface area (Å²) in [5, 5.41) is 8.55. The summed E-state index contributed by atoms with van der Waals surface area (Å²) in [6, 6.07) is 1.92. The molecule has 1 N–H and O–H groups in total. The quantitative estimate of drug-likeness (QED) is 0.313. The lowest BCUT2D eigenvalue weighted by molar-refractivity contribution is -0.0441. The van der Waals surface area contributed by atoms with E-state index in [-0.39, 0.29) is 47.8 Å². The van der Waals surface area contributed by atoms with E-state index in [0.29, 0.717) is 5.65 Å². The molecule has 1 aliphatic rings. The zero-order valence-corrected chi connectivity index (χ0v) is 21.7. The molecule has 1 saturated heterocycles. The van der Waals surface area contributed by atoms with Crippen molar-refractivity contribution in [2.75, 3.05) is 13.2 Å². The summed E-state index contributed by atoms with van der Waals surface area (Å²) in [6.45, 7) is 12.9. The molecular formula is C20H31N5O6PSi+. The van der Waals surface area contributed by atoms with Crippen LogP contribution in [-0.2, 0) is 22.8 Å². The standard InChI is InChI=1S/C20H30N5O6PSi/c1-13-14(10-29-32(27)28-9-7-8-21)30-19(16(13)31-33(5,6)20(2,3)4)25-12-24-15-17(25)22-11-23-18(15)26/h11-14,16,19H,7,9-10H2,1-6H3/p+1/t13-,14-,16-,19-/m1/s1. The Hall–Kier alpha value is -2.00. The van der Waals surface area contributed by atoms with Crippen LogP contribution < -0.4 is 5.56 Å². The Morgan fingerprint density at radius 1 is 1.33 bits per heavy atom. The highest BCUT2D eigenvalue weighted by Gasteiger charge is 2.50. The van der Waals surface area contributed by atoms with Gasteiger partial charge < -0.3 is 14.1 Å². The van der Waals surface area contributed by atoms with Gasteiger partial charge in [0.15, 0.2) is 25.7 Å². The predicted molar refractivity (Wildman–Crippen MR) is 123 cm³/mol. The number of H-pyrrole nitrogens is 1. The van der Waals surface area contributed by atoms with Crippen molar-refractivity contribution in [1.29, 1.82) is 5.26 Å². The van der Waals surface area contributed by atoms with E-state index in [1.165, 1.54) is 12.7 Å². The van der Waals surface area contributed by atoms with Gasteiger partial charge in [-0.15, -0.1) is 9.05 Å². The van der Waals surface area contributed by atoms with Gasteiger partial charge in [-0.1, -0.05) is 27.7 Å². The molecule has 0 spiro atoms. The van der Waals surface area contributed by atoms with E-state index in [2.05, 4.69) is 48.8 Å². The lowest BCUT2D eigenvalue weighted by Crippen LogP contribution is -2.46. The van der Waals surface area contributed by atoms with Gasteiger partial charge in [0.25, 0.3) is 5.56 Å². The van der Waals surface area contributed by atoms with Crippen molar-refractivity contribution < 1.29 is 22.8 Å². The lowest BCUT2D eigenvalue weighted by atomic mass is 10.0. The van der Waals surface area contributed by atoms with Crippen LogP contribution in [0.5, 0.6) is 0 Å². The number of fused-ring (bicyclic) bond motifs is 1. The van der Waals surface area contributed by atoms with Crippen molar-refractivity contribution in [3.63, 3.8) is 0 Å². The fraction of sp³-hybridized carbons (Fsp3) is 0.700. The molecule has 13 heteroatoms. The van der Waals surface area contributed by atoms with Gasteiger partial charge >= 0.3 is 8.25 Å². The second-order valence-corrected chi connectivity index (χ2v) is 15.3. The first-order valence-corrected chi connectivity index (χ1v) is 14.8. The molecule has 11 nitrogen and oxygen atoms in total. The van der Waals surface area contributed by atoms with Crippen LogP contribution in [0, 0.1) is 17.2 Å². The van der Waals surface area contributed by atoms with E-state index in [1.807, 2.05) is 13.0 Å². The molecule has 0 aromatic carbocycles. The van der Waals surface area contributed by atoms with Gasteiger partial charge in [0.2, 0.25) is 0 Å². The van der Waals surface area contributed by atoms with Gasteiger partial charge in [0.05, 0.1) is 37.4 Å². The third-order valence-electron chi connectivity index (χ3n) is 6.33. The monoisotopic (exact) mass is 496 g/mol. The molecule has 1 unspecified atom stereocenters. The number of rotatable bonds is 9. The van der Waals surface area contributed by atoms with Crippen LogP contribution >= 0.6 is 8.25 Å². The van der Waals surface area contributed by atoms with Crippen molar-refractivity contribution in [3.05, 3.63) is 23.0 Å². The maximum atomic E-state index is 12.1. The highest BCUT2D eigenvalue weighted by molar-refractivity contribution is 7.33.